The molecule has 0 N–H and O–H groups in total. The zero-order chi connectivity index (χ0) is 8.22. The summed E-state index contributed by atoms with van der Waals surface area (Å²) in [6.45, 7) is 6.45. The molecule has 0 heterocycles. The van der Waals surface area contributed by atoms with Crippen LogP contribution in [0.4, 0.5) is 0 Å². The molecule has 1 unspecified atom stereocenters. The Hall–Kier alpha value is -0.590. The van der Waals surface area contributed by atoms with Gasteiger partial charge in [0.1, 0.15) is 0 Å². The molecular weight excluding hydrogens is 136 g/mol. The van der Waals surface area contributed by atoms with Crippen molar-refractivity contribution < 1.29 is 4.79 Å². The van der Waals surface area contributed by atoms with Crippen LogP contribution in [0.3, 0.4) is 0 Å². The van der Waals surface area contributed by atoms with E-state index in [2.05, 4.69) is 19.9 Å². The predicted octanol–water partition coefficient (Wildman–Crippen LogP) is 2.18. The van der Waals surface area contributed by atoms with Crippen molar-refractivity contribution in [1.82, 2.24) is 0 Å². The van der Waals surface area contributed by atoms with Crippen LogP contribution in [0, 0.1) is 17.3 Å². The zero-order valence-electron chi connectivity index (χ0n) is 7.35. The Balaban J connectivity index is 2.28. The first-order chi connectivity index (χ1) is 5.03. The quantitative estimate of drug-likeness (QED) is 0.517. The van der Waals surface area contributed by atoms with E-state index in [1.165, 1.54) is 0 Å². The molecule has 0 bridgehead atoms. The fraction of sp³-hybridized carbons (Fsp3) is 0.700. The molecule has 0 aromatic carbocycles. The van der Waals surface area contributed by atoms with Crippen LogP contribution in [0.25, 0.3) is 0 Å². The highest BCUT2D eigenvalue weighted by Crippen LogP contribution is 2.62. The highest BCUT2D eigenvalue weighted by Gasteiger charge is 2.58. The van der Waals surface area contributed by atoms with Gasteiger partial charge in [0.2, 0.25) is 0 Å². The monoisotopic (exact) mass is 150 g/mol. The van der Waals surface area contributed by atoms with Gasteiger partial charge in [-0.15, -0.1) is 0 Å². The van der Waals surface area contributed by atoms with E-state index in [0.717, 1.165) is 12.0 Å². The minimum Gasteiger partial charge on any atom is -0.295 e. The first kappa shape index (κ1) is 7.08. The summed E-state index contributed by atoms with van der Waals surface area (Å²) in [4.78, 5) is 11.3. The van der Waals surface area contributed by atoms with Gasteiger partial charge in [0.05, 0.1) is 0 Å². The molecule has 1 saturated carbocycles. The lowest BCUT2D eigenvalue weighted by atomic mass is 10.00. The maximum Gasteiger partial charge on any atom is 0.158 e. The van der Waals surface area contributed by atoms with Gasteiger partial charge in [0, 0.05) is 6.42 Å². The molecule has 2 aliphatic rings. The summed E-state index contributed by atoms with van der Waals surface area (Å²) >= 11 is 0. The molecule has 1 fully saturated rings. The standard InChI is InChI=1S/C10H14O/c1-6-4-7-8(5-9(6)11)10(7,2)3/h4,7-8H,5H2,1-3H3/t7?,8-/m0/s1. The second kappa shape index (κ2) is 1.77. The predicted molar refractivity (Wildman–Crippen MR) is 44.1 cm³/mol. The molecule has 60 valence electrons. The van der Waals surface area contributed by atoms with Crippen LogP contribution in [0.1, 0.15) is 27.2 Å². The van der Waals surface area contributed by atoms with E-state index in [1.807, 2.05) is 6.92 Å². The molecule has 0 spiro atoms. The van der Waals surface area contributed by atoms with Gasteiger partial charge in [0.15, 0.2) is 5.78 Å². The van der Waals surface area contributed by atoms with E-state index in [4.69, 9.17) is 0 Å². The van der Waals surface area contributed by atoms with Crippen LogP contribution in [0.5, 0.6) is 0 Å². The zero-order valence-corrected chi connectivity index (χ0v) is 7.35. The van der Waals surface area contributed by atoms with E-state index in [9.17, 15) is 4.79 Å². The fourth-order valence-electron chi connectivity index (χ4n) is 2.23. The molecule has 2 atom stereocenters. The number of fused-ring (bicyclic) bond motifs is 1. The Kier molecular flexibility index (Phi) is 1.14. The minimum absolute atomic E-state index is 0.358. The number of ketones is 1. The molecule has 2 rings (SSSR count). The van der Waals surface area contributed by atoms with Crippen molar-refractivity contribution in [3.05, 3.63) is 11.6 Å². The summed E-state index contributed by atoms with van der Waals surface area (Å²) in [6, 6.07) is 0. The van der Waals surface area contributed by atoms with Gasteiger partial charge < -0.3 is 0 Å². The minimum atomic E-state index is 0.358. The molecule has 0 aromatic heterocycles. The first-order valence-electron chi connectivity index (χ1n) is 4.25. The van der Waals surface area contributed by atoms with Crippen molar-refractivity contribution in [3.8, 4) is 0 Å². The molecule has 0 radical (unpaired) electrons. The molecule has 1 nitrogen and oxygen atoms in total. The topological polar surface area (TPSA) is 17.1 Å². The summed E-state index contributed by atoms with van der Waals surface area (Å²) in [6.07, 6.45) is 2.95. The number of carbonyl (C=O) groups is 1. The summed E-state index contributed by atoms with van der Waals surface area (Å²) < 4.78 is 0. The smallest absolute Gasteiger partial charge is 0.158 e. The van der Waals surface area contributed by atoms with Crippen LogP contribution in [0.15, 0.2) is 11.6 Å². The Morgan fingerprint density at radius 2 is 2.18 bits per heavy atom. The molecule has 0 aromatic rings. The molecule has 2 aliphatic carbocycles. The largest absolute Gasteiger partial charge is 0.295 e. The van der Waals surface area contributed by atoms with Crippen molar-refractivity contribution in [2.24, 2.45) is 17.3 Å². The van der Waals surface area contributed by atoms with Crippen molar-refractivity contribution in [3.63, 3.8) is 0 Å². The Bertz CT molecular complexity index is 248. The van der Waals surface area contributed by atoms with Crippen LogP contribution in [-0.2, 0) is 4.79 Å². The van der Waals surface area contributed by atoms with Gasteiger partial charge >= 0.3 is 0 Å². The third-order valence-electron chi connectivity index (χ3n) is 3.41. The number of hydrogen-bond acceptors (Lipinski definition) is 1. The maximum absolute atomic E-state index is 11.3. The number of rotatable bonds is 0. The van der Waals surface area contributed by atoms with E-state index in [1.54, 1.807) is 0 Å². The van der Waals surface area contributed by atoms with E-state index in [-0.39, 0.29) is 0 Å². The van der Waals surface area contributed by atoms with Gasteiger partial charge in [-0.3, -0.25) is 4.79 Å². The second-order valence-corrected chi connectivity index (χ2v) is 4.43. The van der Waals surface area contributed by atoms with Crippen molar-refractivity contribution in [1.29, 1.82) is 0 Å². The highest BCUT2D eigenvalue weighted by molar-refractivity contribution is 5.96. The lowest BCUT2D eigenvalue weighted by Gasteiger charge is -2.04. The first-order valence-corrected chi connectivity index (χ1v) is 4.25. The van der Waals surface area contributed by atoms with Gasteiger partial charge in [-0.1, -0.05) is 19.9 Å². The van der Waals surface area contributed by atoms with Gasteiger partial charge in [0.25, 0.3) is 0 Å². The fourth-order valence-corrected chi connectivity index (χ4v) is 2.23. The summed E-state index contributed by atoms with van der Waals surface area (Å²) in [5.41, 5.74) is 1.39. The summed E-state index contributed by atoms with van der Waals surface area (Å²) in [7, 11) is 0. The number of carbonyl (C=O) groups excluding carboxylic acids is 1. The SMILES string of the molecule is CC1=CC2[C@H](CC1=O)C2(C)C. The average Bonchev–Trinajstić information content (AvgIpc) is 2.39. The molecule has 0 saturated heterocycles. The number of Topliss-reactive ketones (excluding diaryl/α,β-unsaturated/α-hetero) is 1. The van der Waals surface area contributed by atoms with Crippen molar-refractivity contribution in [2.75, 3.05) is 0 Å². The Morgan fingerprint density at radius 3 is 2.73 bits per heavy atom. The van der Waals surface area contributed by atoms with Crippen molar-refractivity contribution in [2.45, 2.75) is 27.2 Å². The maximum atomic E-state index is 11.3. The van der Waals surface area contributed by atoms with Crippen LogP contribution in [0.2, 0.25) is 0 Å². The van der Waals surface area contributed by atoms with Crippen LogP contribution in [-0.4, -0.2) is 5.78 Å². The van der Waals surface area contributed by atoms with Gasteiger partial charge in [-0.25, -0.2) is 0 Å². The van der Waals surface area contributed by atoms with Crippen LogP contribution < -0.4 is 0 Å². The van der Waals surface area contributed by atoms with Gasteiger partial charge in [-0.05, 0) is 29.7 Å². The third-order valence-corrected chi connectivity index (χ3v) is 3.41. The molecule has 0 aliphatic heterocycles. The molecule has 11 heavy (non-hydrogen) atoms. The van der Waals surface area contributed by atoms with E-state index in [0.29, 0.717) is 23.0 Å². The van der Waals surface area contributed by atoms with Gasteiger partial charge in [-0.2, -0.15) is 0 Å². The Morgan fingerprint density at radius 1 is 1.55 bits per heavy atom. The molecular formula is C10H14O. The molecule has 1 heteroatoms. The number of hydrogen-bond donors (Lipinski definition) is 0. The molecule has 0 amide bonds. The lowest BCUT2D eigenvalue weighted by molar-refractivity contribution is -0.116. The second-order valence-electron chi connectivity index (χ2n) is 4.43. The lowest BCUT2D eigenvalue weighted by Crippen LogP contribution is -2.06. The Labute approximate surface area is 67.5 Å². The van der Waals surface area contributed by atoms with Crippen molar-refractivity contribution >= 4 is 5.78 Å². The van der Waals surface area contributed by atoms with Crippen LogP contribution >= 0.6 is 0 Å². The third kappa shape index (κ3) is 0.800. The highest BCUT2D eigenvalue weighted by atomic mass is 16.1. The number of allylic oxidation sites excluding steroid dienone is 2. The average molecular weight is 150 g/mol. The summed E-state index contributed by atoms with van der Waals surface area (Å²) in [5, 5.41) is 0. The normalized spacial score (nSPS) is 39.5. The van der Waals surface area contributed by atoms with E-state index >= 15 is 0 Å². The summed E-state index contributed by atoms with van der Waals surface area (Å²) in [5.74, 6) is 1.70. The van der Waals surface area contributed by atoms with E-state index < -0.39 is 0 Å².